The van der Waals surface area contributed by atoms with Crippen LogP contribution >= 0.6 is 7.82 Å². The van der Waals surface area contributed by atoms with Crippen LogP contribution in [-0.2, 0) is 27.9 Å². The van der Waals surface area contributed by atoms with Crippen molar-refractivity contribution in [2.24, 2.45) is 0 Å². The molecule has 55 heavy (non-hydrogen) atoms. The maximum atomic E-state index is 12.6. The zero-order valence-corrected chi connectivity index (χ0v) is 36.8. The summed E-state index contributed by atoms with van der Waals surface area (Å²) in [5.41, 5.74) is 0. The number of hydrogen-bond acceptors (Lipinski definition) is 8. The van der Waals surface area contributed by atoms with Gasteiger partial charge in [-0.25, -0.2) is 4.57 Å². The van der Waals surface area contributed by atoms with Crippen LogP contribution in [0, 0.1) is 0 Å². The summed E-state index contributed by atoms with van der Waals surface area (Å²) in [6.45, 7) is 3.55. The Labute approximate surface area is 339 Å². The molecule has 0 heterocycles. The van der Waals surface area contributed by atoms with Crippen molar-refractivity contribution in [1.29, 1.82) is 0 Å². The van der Waals surface area contributed by atoms with Crippen LogP contribution < -0.4 is 0 Å². The third-order valence-corrected chi connectivity index (χ3v) is 11.2. The van der Waals surface area contributed by atoms with Gasteiger partial charge in [0.1, 0.15) is 12.2 Å². The molecular formula is C45H89O9P. The number of aliphatic hydroxyl groups excluding tert-OH is 2. The lowest BCUT2D eigenvalue weighted by Crippen LogP contribution is -2.29. The second-order valence-corrected chi connectivity index (χ2v) is 17.2. The summed E-state index contributed by atoms with van der Waals surface area (Å²) in [5.74, 6) is -0.386. The zero-order valence-electron chi connectivity index (χ0n) is 35.9. The van der Waals surface area contributed by atoms with E-state index >= 15 is 0 Å². The Bertz CT molecular complexity index is 871. The Balaban J connectivity index is 4.09. The normalized spacial score (nSPS) is 14.1. The average Bonchev–Trinajstić information content (AvgIpc) is 3.18. The van der Waals surface area contributed by atoms with Crippen LogP contribution in [0.1, 0.15) is 226 Å². The quantitative estimate of drug-likeness (QED) is 0.0238. The van der Waals surface area contributed by atoms with Crippen molar-refractivity contribution in [3.63, 3.8) is 0 Å². The molecule has 0 aromatic heterocycles. The molecule has 0 aliphatic carbocycles. The van der Waals surface area contributed by atoms with E-state index in [0.717, 1.165) is 51.4 Å². The number of carbonyl (C=O) groups is 1. The molecule has 3 unspecified atom stereocenters. The van der Waals surface area contributed by atoms with Gasteiger partial charge in [-0.1, -0.05) is 193 Å². The summed E-state index contributed by atoms with van der Waals surface area (Å²) in [6.07, 6.45) is 43.1. The van der Waals surface area contributed by atoms with Crippen LogP contribution in [0.5, 0.6) is 0 Å². The number of phosphoric ester groups is 1. The van der Waals surface area contributed by atoms with E-state index in [1.54, 1.807) is 0 Å². The number of phosphoric acid groups is 1. The zero-order chi connectivity index (χ0) is 40.3. The van der Waals surface area contributed by atoms with E-state index in [-0.39, 0.29) is 25.6 Å². The molecule has 0 bridgehead atoms. The monoisotopic (exact) mass is 805 g/mol. The molecule has 0 fully saturated rings. The number of unbranched alkanes of at least 4 members (excludes halogenated alkanes) is 29. The first-order chi connectivity index (χ1) is 26.8. The summed E-state index contributed by atoms with van der Waals surface area (Å²) in [4.78, 5) is 22.6. The van der Waals surface area contributed by atoms with Crippen molar-refractivity contribution in [3.05, 3.63) is 12.2 Å². The third-order valence-electron chi connectivity index (χ3n) is 10.2. The topological polar surface area (TPSA) is 132 Å². The average molecular weight is 805 g/mol. The van der Waals surface area contributed by atoms with E-state index in [1.807, 2.05) is 0 Å². The molecule has 0 aliphatic rings. The third kappa shape index (κ3) is 42.6. The van der Waals surface area contributed by atoms with Crippen molar-refractivity contribution in [1.82, 2.24) is 0 Å². The maximum Gasteiger partial charge on any atom is 0.472 e. The molecule has 0 rings (SSSR count). The molecule has 10 heteroatoms. The minimum absolute atomic E-state index is 0.0520. The van der Waals surface area contributed by atoms with Crippen LogP contribution in [0.4, 0.5) is 0 Å². The number of ether oxygens (including phenoxy) is 2. The van der Waals surface area contributed by atoms with Gasteiger partial charge in [0.15, 0.2) is 0 Å². The number of rotatable bonds is 45. The molecule has 0 aromatic rings. The van der Waals surface area contributed by atoms with Gasteiger partial charge in [-0.2, -0.15) is 0 Å². The lowest BCUT2D eigenvalue weighted by molar-refractivity contribution is -0.154. The van der Waals surface area contributed by atoms with Crippen LogP contribution in [-0.4, -0.2) is 66.3 Å². The number of hydrogen-bond donors (Lipinski definition) is 3. The summed E-state index contributed by atoms with van der Waals surface area (Å²) >= 11 is 0. The van der Waals surface area contributed by atoms with Crippen LogP contribution in [0.15, 0.2) is 12.2 Å². The second-order valence-electron chi connectivity index (χ2n) is 15.8. The molecule has 3 atom stereocenters. The fourth-order valence-electron chi connectivity index (χ4n) is 6.65. The van der Waals surface area contributed by atoms with Gasteiger partial charge >= 0.3 is 13.8 Å². The fraction of sp³-hybridized carbons (Fsp3) is 0.933. The van der Waals surface area contributed by atoms with Crippen LogP contribution in [0.25, 0.3) is 0 Å². The van der Waals surface area contributed by atoms with Gasteiger partial charge in [-0.3, -0.25) is 13.8 Å². The number of allylic oxidation sites excluding steroid dienone is 2. The number of esters is 1. The van der Waals surface area contributed by atoms with Crippen LogP contribution in [0.3, 0.4) is 0 Å². The van der Waals surface area contributed by atoms with E-state index in [9.17, 15) is 19.4 Å². The first-order valence-electron chi connectivity index (χ1n) is 23.2. The van der Waals surface area contributed by atoms with Gasteiger partial charge in [0.25, 0.3) is 0 Å². The largest absolute Gasteiger partial charge is 0.472 e. The Kier molecular flexibility index (Phi) is 42.2. The first kappa shape index (κ1) is 54.2. The summed E-state index contributed by atoms with van der Waals surface area (Å²) in [5, 5.41) is 18.4. The first-order valence-corrected chi connectivity index (χ1v) is 24.7. The van der Waals surface area contributed by atoms with Gasteiger partial charge in [-0.15, -0.1) is 0 Å². The lowest BCUT2D eigenvalue weighted by Gasteiger charge is -2.20. The van der Waals surface area contributed by atoms with E-state index < -0.39 is 33.2 Å². The highest BCUT2D eigenvalue weighted by Gasteiger charge is 2.26. The predicted molar refractivity (Wildman–Crippen MR) is 228 cm³/mol. The van der Waals surface area contributed by atoms with Crippen molar-refractivity contribution in [3.8, 4) is 0 Å². The highest BCUT2D eigenvalue weighted by atomic mass is 31.2. The summed E-state index contributed by atoms with van der Waals surface area (Å²) in [6, 6.07) is 0. The van der Waals surface area contributed by atoms with Gasteiger partial charge in [-0.05, 0) is 38.5 Å². The number of carbonyl (C=O) groups excluding carboxylic acids is 1. The van der Waals surface area contributed by atoms with E-state index in [2.05, 4.69) is 26.0 Å². The standard InChI is InChI=1S/C45H89O9P/c1-3-5-7-9-11-13-15-17-19-20-21-22-24-26-28-30-32-34-36-38-51-41-44(42-53-55(49,50)52-40-43(47)39-46)54-45(48)37-35-33-31-29-27-25-23-18-16-14-12-10-8-6-4-2/h18,23,43-44,46-47H,3-17,19-22,24-42H2,1-2H3,(H,49,50)/b23-18-. The molecule has 9 nitrogen and oxygen atoms in total. The highest BCUT2D eigenvalue weighted by molar-refractivity contribution is 7.47. The molecular weight excluding hydrogens is 715 g/mol. The Hall–Kier alpha value is -0.800. The molecule has 3 N–H and O–H groups in total. The molecule has 0 aliphatic heterocycles. The number of aliphatic hydroxyl groups is 2. The van der Waals surface area contributed by atoms with E-state index in [4.69, 9.17) is 23.6 Å². The van der Waals surface area contributed by atoms with E-state index in [1.165, 1.54) is 154 Å². The van der Waals surface area contributed by atoms with Crippen molar-refractivity contribution in [2.75, 3.05) is 33.0 Å². The molecule has 0 amide bonds. The van der Waals surface area contributed by atoms with E-state index in [0.29, 0.717) is 6.61 Å². The molecule has 0 saturated carbocycles. The maximum absolute atomic E-state index is 12.6. The minimum atomic E-state index is -4.51. The Morgan fingerprint density at radius 2 is 0.927 bits per heavy atom. The molecule has 328 valence electrons. The molecule has 0 aromatic carbocycles. The Morgan fingerprint density at radius 3 is 1.36 bits per heavy atom. The van der Waals surface area contributed by atoms with Gasteiger partial charge in [0, 0.05) is 13.0 Å². The summed E-state index contributed by atoms with van der Waals surface area (Å²) in [7, 11) is -4.51. The SMILES string of the molecule is CCCCCCCC/C=C\CCCCCCCC(=O)OC(COCCCCCCCCCCCCCCCCCCCCC)COP(=O)(O)OCC(O)CO. The van der Waals surface area contributed by atoms with Gasteiger partial charge in [0.2, 0.25) is 0 Å². The van der Waals surface area contributed by atoms with Gasteiger partial charge < -0.3 is 24.6 Å². The Morgan fingerprint density at radius 1 is 0.545 bits per heavy atom. The highest BCUT2D eigenvalue weighted by Crippen LogP contribution is 2.43. The minimum Gasteiger partial charge on any atom is -0.457 e. The van der Waals surface area contributed by atoms with Crippen molar-refractivity contribution >= 4 is 13.8 Å². The molecule has 0 saturated heterocycles. The molecule has 0 radical (unpaired) electrons. The van der Waals surface area contributed by atoms with Crippen molar-refractivity contribution < 1.29 is 43.0 Å². The van der Waals surface area contributed by atoms with Gasteiger partial charge in [0.05, 0.1) is 26.4 Å². The smallest absolute Gasteiger partial charge is 0.457 e. The fourth-order valence-corrected chi connectivity index (χ4v) is 7.44. The predicted octanol–water partition coefficient (Wildman–Crippen LogP) is 12.9. The second kappa shape index (κ2) is 42.8. The van der Waals surface area contributed by atoms with Crippen LogP contribution in [0.2, 0.25) is 0 Å². The molecule has 0 spiro atoms. The lowest BCUT2D eigenvalue weighted by atomic mass is 10.0. The summed E-state index contributed by atoms with van der Waals surface area (Å²) < 4.78 is 33.4. The van der Waals surface area contributed by atoms with Crippen molar-refractivity contribution in [2.45, 2.75) is 238 Å².